The maximum Gasteiger partial charge on any atom is 0.434 e. The Bertz CT molecular complexity index is 1020. The van der Waals surface area contributed by atoms with Crippen molar-refractivity contribution in [2.75, 3.05) is 5.32 Å². The fraction of sp³-hybridized carbons (Fsp3) is 0.238. The lowest BCUT2D eigenvalue weighted by Crippen LogP contribution is -2.12. The van der Waals surface area contributed by atoms with E-state index in [1.54, 1.807) is 18.3 Å². The third-order valence-corrected chi connectivity index (χ3v) is 4.99. The molecule has 152 valence electrons. The molecule has 0 amide bonds. The van der Waals surface area contributed by atoms with E-state index in [9.17, 15) is 13.2 Å². The molecule has 4 nitrogen and oxygen atoms in total. The highest BCUT2D eigenvalue weighted by Crippen LogP contribution is 2.40. The van der Waals surface area contributed by atoms with Gasteiger partial charge in [0, 0.05) is 11.8 Å². The summed E-state index contributed by atoms with van der Waals surface area (Å²) in [7, 11) is 0. The molecule has 0 spiro atoms. The van der Waals surface area contributed by atoms with Gasteiger partial charge in [0.25, 0.3) is 0 Å². The van der Waals surface area contributed by atoms with Crippen LogP contribution in [0, 0.1) is 0 Å². The van der Waals surface area contributed by atoms with E-state index in [0.29, 0.717) is 11.4 Å². The largest absolute Gasteiger partial charge is 0.437 e. The molecular weight excluding hydrogens is 399 g/mol. The topological polar surface area (TPSA) is 47.0 Å². The SMILES string of the molecule is C=Cc1sc(Nc2cccnc2Oc2ccccc2C(C)(C)C)nc1C(F)(F)F. The lowest BCUT2D eigenvalue weighted by molar-refractivity contribution is -0.140. The Labute approximate surface area is 171 Å². The van der Waals surface area contributed by atoms with Crippen LogP contribution in [0.1, 0.15) is 36.9 Å². The Morgan fingerprint density at radius 2 is 1.83 bits per heavy atom. The summed E-state index contributed by atoms with van der Waals surface area (Å²) >= 11 is 0.860. The summed E-state index contributed by atoms with van der Waals surface area (Å²) in [5.74, 6) is 0.872. The Morgan fingerprint density at radius 3 is 2.45 bits per heavy atom. The van der Waals surface area contributed by atoms with E-state index in [-0.39, 0.29) is 21.3 Å². The number of thiazole rings is 1. The van der Waals surface area contributed by atoms with Crippen LogP contribution in [0.5, 0.6) is 11.6 Å². The van der Waals surface area contributed by atoms with Crippen molar-refractivity contribution in [3.8, 4) is 11.6 Å². The van der Waals surface area contributed by atoms with Crippen LogP contribution in [0.2, 0.25) is 0 Å². The number of hydrogen-bond donors (Lipinski definition) is 1. The van der Waals surface area contributed by atoms with Gasteiger partial charge in [-0.1, -0.05) is 56.9 Å². The van der Waals surface area contributed by atoms with Gasteiger partial charge in [-0.3, -0.25) is 0 Å². The predicted octanol–water partition coefficient (Wildman–Crippen LogP) is 7.03. The zero-order chi connectivity index (χ0) is 21.2. The monoisotopic (exact) mass is 419 g/mol. The van der Waals surface area contributed by atoms with Gasteiger partial charge in [-0.25, -0.2) is 9.97 Å². The van der Waals surface area contributed by atoms with Crippen LogP contribution >= 0.6 is 11.3 Å². The normalized spacial score (nSPS) is 11.9. The third-order valence-electron chi connectivity index (χ3n) is 4.02. The summed E-state index contributed by atoms with van der Waals surface area (Å²) in [5, 5.41) is 2.97. The molecule has 2 heterocycles. The zero-order valence-corrected chi connectivity index (χ0v) is 17.0. The number of hydrogen-bond acceptors (Lipinski definition) is 5. The summed E-state index contributed by atoms with van der Waals surface area (Å²) in [5.41, 5.74) is 0.271. The lowest BCUT2D eigenvalue weighted by Gasteiger charge is -2.22. The number of benzene rings is 1. The van der Waals surface area contributed by atoms with Crippen LogP contribution in [0.15, 0.2) is 49.2 Å². The Morgan fingerprint density at radius 1 is 1.10 bits per heavy atom. The van der Waals surface area contributed by atoms with Crippen LogP contribution in [-0.4, -0.2) is 9.97 Å². The number of rotatable bonds is 5. The van der Waals surface area contributed by atoms with Crippen LogP contribution in [0.3, 0.4) is 0 Å². The third kappa shape index (κ3) is 4.76. The van der Waals surface area contributed by atoms with Crippen LogP contribution in [-0.2, 0) is 11.6 Å². The number of pyridine rings is 1. The molecule has 0 unspecified atom stereocenters. The van der Waals surface area contributed by atoms with Crippen LogP contribution < -0.4 is 10.1 Å². The van der Waals surface area contributed by atoms with Gasteiger partial charge in [0.15, 0.2) is 10.8 Å². The Balaban J connectivity index is 1.94. The van der Waals surface area contributed by atoms with Crippen molar-refractivity contribution in [3.63, 3.8) is 0 Å². The molecule has 29 heavy (non-hydrogen) atoms. The molecule has 8 heteroatoms. The second-order valence-electron chi connectivity index (χ2n) is 7.26. The second kappa shape index (κ2) is 7.87. The first kappa shape index (κ1) is 20.9. The first-order chi connectivity index (χ1) is 13.6. The summed E-state index contributed by atoms with van der Waals surface area (Å²) in [6.07, 6.45) is -1.86. The minimum atomic E-state index is -4.56. The minimum absolute atomic E-state index is 0.0514. The van der Waals surface area contributed by atoms with Gasteiger partial charge < -0.3 is 10.1 Å². The van der Waals surface area contributed by atoms with Crippen molar-refractivity contribution in [2.24, 2.45) is 0 Å². The van der Waals surface area contributed by atoms with Gasteiger partial charge in [0.2, 0.25) is 5.88 Å². The highest BCUT2D eigenvalue weighted by Gasteiger charge is 2.37. The maximum atomic E-state index is 13.1. The number of para-hydroxylation sites is 1. The van der Waals surface area contributed by atoms with Gasteiger partial charge in [0.1, 0.15) is 11.4 Å². The molecule has 0 saturated heterocycles. The van der Waals surface area contributed by atoms with Crippen LogP contribution in [0.25, 0.3) is 6.08 Å². The smallest absolute Gasteiger partial charge is 0.434 e. The van der Waals surface area contributed by atoms with E-state index >= 15 is 0 Å². The number of aromatic nitrogens is 2. The van der Waals surface area contributed by atoms with Crippen molar-refractivity contribution in [1.82, 2.24) is 9.97 Å². The minimum Gasteiger partial charge on any atom is -0.437 e. The molecule has 0 aliphatic rings. The van der Waals surface area contributed by atoms with E-state index in [1.807, 2.05) is 24.3 Å². The first-order valence-electron chi connectivity index (χ1n) is 8.79. The molecule has 0 atom stereocenters. The average Bonchev–Trinajstić information content (AvgIpc) is 3.06. The van der Waals surface area contributed by atoms with E-state index in [0.717, 1.165) is 23.0 Å². The molecule has 3 rings (SSSR count). The fourth-order valence-corrected chi connectivity index (χ4v) is 3.54. The molecule has 0 bridgehead atoms. The number of nitrogens with one attached hydrogen (secondary N) is 1. The molecule has 0 saturated carbocycles. The molecule has 1 aromatic carbocycles. The summed E-state index contributed by atoms with van der Waals surface area (Å²) in [4.78, 5) is 7.87. The average molecular weight is 419 g/mol. The van der Waals surface area contributed by atoms with Gasteiger partial charge in [-0.15, -0.1) is 0 Å². The summed E-state index contributed by atoms with van der Waals surface area (Å²) in [6.45, 7) is 9.64. The number of nitrogens with zero attached hydrogens (tertiary/aromatic N) is 2. The van der Waals surface area contributed by atoms with Crippen molar-refractivity contribution in [1.29, 1.82) is 0 Å². The molecule has 1 N–H and O–H groups in total. The first-order valence-corrected chi connectivity index (χ1v) is 9.61. The molecule has 0 aliphatic heterocycles. The Kier molecular flexibility index (Phi) is 5.66. The van der Waals surface area contributed by atoms with E-state index in [1.165, 1.54) is 0 Å². The molecule has 3 aromatic rings. The highest BCUT2D eigenvalue weighted by atomic mass is 32.1. The van der Waals surface area contributed by atoms with Crippen molar-refractivity contribution in [3.05, 3.63) is 65.3 Å². The molecule has 0 aliphatic carbocycles. The number of halogens is 3. The fourth-order valence-electron chi connectivity index (χ4n) is 2.69. The van der Waals surface area contributed by atoms with Gasteiger partial charge in [0.05, 0.1) is 4.88 Å². The quantitative estimate of drug-likeness (QED) is 0.482. The zero-order valence-electron chi connectivity index (χ0n) is 16.2. The number of ether oxygens (including phenoxy) is 1. The second-order valence-corrected chi connectivity index (χ2v) is 8.29. The van der Waals surface area contributed by atoms with E-state index in [2.05, 4.69) is 42.6 Å². The van der Waals surface area contributed by atoms with E-state index in [4.69, 9.17) is 4.74 Å². The van der Waals surface area contributed by atoms with Gasteiger partial charge in [-0.05, 0) is 29.7 Å². The summed E-state index contributed by atoms with van der Waals surface area (Å²) < 4.78 is 45.5. The predicted molar refractivity (Wildman–Crippen MR) is 110 cm³/mol. The molecule has 2 aromatic heterocycles. The Hall–Kier alpha value is -2.87. The summed E-state index contributed by atoms with van der Waals surface area (Å²) in [6, 6.07) is 10.9. The molecule has 0 fully saturated rings. The molecular formula is C21H20F3N3OS. The maximum absolute atomic E-state index is 13.1. The lowest BCUT2D eigenvalue weighted by atomic mass is 9.86. The van der Waals surface area contributed by atoms with Gasteiger partial charge in [-0.2, -0.15) is 13.2 Å². The van der Waals surface area contributed by atoms with Crippen molar-refractivity contribution < 1.29 is 17.9 Å². The molecule has 0 radical (unpaired) electrons. The van der Waals surface area contributed by atoms with Crippen LogP contribution in [0.4, 0.5) is 24.0 Å². The van der Waals surface area contributed by atoms with E-state index < -0.39 is 11.9 Å². The number of alkyl halides is 3. The van der Waals surface area contributed by atoms with Crippen molar-refractivity contribution >= 4 is 28.2 Å². The highest BCUT2D eigenvalue weighted by molar-refractivity contribution is 7.16. The van der Waals surface area contributed by atoms with Gasteiger partial charge >= 0.3 is 6.18 Å². The van der Waals surface area contributed by atoms with Crippen molar-refractivity contribution in [2.45, 2.75) is 32.4 Å². The standard InChI is InChI=1S/C21H20F3N3OS/c1-5-16-17(21(22,23)24)27-19(29-16)26-14-10-8-12-25-18(14)28-15-11-7-6-9-13(15)20(2,3)4/h5-12H,1H2,2-4H3,(H,26,27). The number of anilines is 2.